The van der Waals surface area contributed by atoms with E-state index in [1.165, 1.54) is 17.8 Å². The molecule has 1 aromatic carbocycles. The first-order chi connectivity index (χ1) is 9.19. The Labute approximate surface area is 111 Å². The van der Waals surface area contributed by atoms with E-state index in [1.54, 1.807) is 6.07 Å². The predicted octanol–water partition coefficient (Wildman–Crippen LogP) is 2.92. The number of hydrogen-bond donors (Lipinski definition) is 1. The van der Waals surface area contributed by atoms with Gasteiger partial charge in [0.25, 0.3) is 0 Å². The van der Waals surface area contributed by atoms with Crippen LogP contribution in [0.15, 0.2) is 42.6 Å². The van der Waals surface area contributed by atoms with E-state index < -0.39 is 5.97 Å². The van der Waals surface area contributed by atoms with Gasteiger partial charge in [-0.05, 0) is 41.8 Å². The molecule has 98 valence electrons. The Kier molecular flexibility index (Phi) is 4.13. The van der Waals surface area contributed by atoms with Crippen molar-refractivity contribution in [3.05, 3.63) is 59.4 Å². The fourth-order valence-electron chi connectivity index (χ4n) is 1.67. The summed E-state index contributed by atoms with van der Waals surface area (Å²) < 4.78 is 5.61. The molecule has 2 aromatic rings. The molecule has 19 heavy (non-hydrogen) atoms. The monoisotopic (exact) mass is 257 g/mol. The molecule has 0 saturated carbocycles. The largest absolute Gasteiger partial charge is 0.489 e. The van der Waals surface area contributed by atoms with E-state index in [9.17, 15) is 4.79 Å². The second-order valence-corrected chi connectivity index (χ2v) is 4.14. The van der Waals surface area contributed by atoms with Crippen molar-refractivity contribution in [3.8, 4) is 5.75 Å². The van der Waals surface area contributed by atoms with Crippen molar-refractivity contribution in [1.29, 1.82) is 0 Å². The van der Waals surface area contributed by atoms with Gasteiger partial charge in [-0.1, -0.05) is 19.1 Å². The number of aryl methyl sites for hydroxylation is 1. The lowest BCUT2D eigenvalue weighted by molar-refractivity contribution is 0.0690. The Balaban J connectivity index is 2.01. The molecule has 0 aliphatic heterocycles. The zero-order valence-electron chi connectivity index (χ0n) is 10.7. The first kappa shape index (κ1) is 13.1. The lowest BCUT2D eigenvalue weighted by atomic mass is 10.2. The average molecular weight is 257 g/mol. The summed E-state index contributed by atoms with van der Waals surface area (Å²) in [6, 6.07) is 11.1. The summed E-state index contributed by atoms with van der Waals surface area (Å²) in [5.74, 6) is -0.264. The Hall–Kier alpha value is -2.36. The highest BCUT2D eigenvalue weighted by atomic mass is 16.5. The van der Waals surface area contributed by atoms with Crippen molar-refractivity contribution in [3.63, 3.8) is 0 Å². The van der Waals surface area contributed by atoms with Crippen molar-refractivity contribution < 1.29 is 14.6 Å². The summed E-state index contributed by atoms with van der Waals surface area (Å²) >= 11 is 0. The van der Waals surface area contributed by atoms with Crippen molar-refractivity contribution >= 4 is 5.97 Å². The molecule has 4 heteroatoms. The number of carboxylic acids is 1. The molecule has 4 nitrogen and oxygen atoms in total. The molecule has 0 radical (unpaired) electrons. The first-order valence-corrected chi connectivity index (χ1v) is 6.09. The summed E-state index contributed by atoms with van der Waals surface area (Å²) in [7, 11) is 0. The molecule has 0 fully saturated rings. The molecule has 1 aromatic heterocycles. The molecule has 0 saturated heterocycles. The summed E-state index contributed by atoms with van der Waals surface area (Å²) in [5.41, 5.74) is 2.07. The number of rotatable bonds is 5. The van der Waals surface area contributed by atoms with Crippen molar-refractivity contribution in [1.82, 2.24) is 4.98 Å². The van der Waals surface area contributed by atoms with Gasteiger partial charge in [0, 0.05) is 6.20 Å². The van der Waals surface area contributed by atoms with E-state index >= 15 is 0 Å². The van der Waals surface area contributed by atoms with Crippen LogP contribution in [0.1, 0.15) is 28.5 Å². The highest BCUT2D eigenvalue weighted by Gasteiger charge is 2.05. The molecular formula is C15H15NO3. The predicted molar refractivity (Wildman–Crippen MR) is 71.3 cm³/mol. The summed E-state index contributed by atoms with van der Waals surface area (Å²) in [6.45, 7) is 2.43. The highest BCUT2D eigenvalue weighted by Crippen LogP contribution is 2.14. The molecule has 0 atom stereocenters. The van der Waals surface area contributed by atoms with Gasteiger partial charge in [-0.25, -0.2) is 9.78 Å². The van der Waals surface area contributed by atoms with Crippen LogP contribution < -0.4 is 4.74 Å². The first-order valence-electron chi connectivity index (χ1n) is 6.09. The van der Waals surface area contributed by atoms with E-state index in [0.29, 0.717) is 6.61 Å². The fourth-order valence-corrected chi connectivity index (χ4v) is 1.67. The maximum absolute atomic E-state index is 10.8. The van der Waals surface area contributed by atoms with Gasteiger partial charge in [0.1, 0.15) is 18.1 Å². The van der Waals surface area contributed by atoms with Gasteiger partial charge < -0.3 is 9.84 Å². The smallest absolute Gasteiger partial charge is 0.354 e. The molecule has 0 spiro atoms. The van der Waals surface area contributed by atoms with Crippen molar-refractivity contribution in [2.45, 2.75) is 20.0 Å². The van der Waals surface area contributed by atoms with Crippen LogP contribution in [0.2, 0.25) is 0 Å². The zero-order chi connectivity index (χ0) is 13.7. The molecular weight excluding hydrogens is 242 g/mol. The minimum atomic E-state index is -1.03. The second-order valence-electron chi connectivity index (χ2n) is 4.14. The molecule has 0 bridgehead atoms. The van der Waals surface area contributed by atoms with E-state index in [2.05, 4.69) is 11.9 Å². The summed E-state index contributed by atoms with van der Waals surface area (Å²) in [6.07, 6.45) is 2.47. The standard InChI is InChI=1S/C15H15NO3/c1-2-11-3-5-13(6-4-11)19-10-12-7-8-16-14(9-12)15(17)18/h3-9H,2,10H2,1H3,(H,17,18). The van der Waals surface area contributed by atoms with Gasteiger partial charge >= 0.3 is 5.97 Å². The SMILES string of the molecule is CCc1ccc(OCc2ccnc(C(=O)O)c2)cc1. The Bertz CT molecular complexity index is 564. The van der Waals surface area contributed by atoms with Crippen LogP contribution >= 0.6 is 0 Å². The Morgan fingerprint density at radius 2 is 1.95 bits per heavy atom. The molecule has 0 amide bonds. The molecule has 0 aliphatic rings. The Morgan fingerprint density at radius 3 is 2.58 bits per heavy atom. The average Bonchev–Trinajstić information content (AvgIpc) is 2.46. The van der Waals surface area contributed by atoms with E-state index in [0.717, 1.165) is 17.7 Å². The minimum absolute atomic E-state index is 0.0300. The third-order valence-electron chi connectivity index (χ3n) is 2.78. The van der Waals surface area contributed by atoms with Gasteiger partial charge in [0.05, 0.1) is 0 Å². The molecule has 0 aliphatic carbocycles. The zero-order valence-corrected chi connectivity index (χ0v) is 10.7. The number of hydrogen-bond acceptors (Lipinski definition) is 3. The number of aromatic nitrogens is 1. The fraction of sp³-hybridized carbons (Fsp3) is 0.200. The third-order valence-corrected chi connectivity index (χ3v) is 2.78. The van der Waals surface area contributed by atoms with E-state index in [1.807, 2.05) is 24.3 Å². The molecule has 0 unspecified atom stereocenters. The van der Waals surface area contributed by atoms with Crippen LogP contribution in [0, 0.1) is 0 Å². The molecule has 1 heterocycles. The van der Waals surface area contributed by atoms with Gasteiger partial charge in [-0.15, -0.1) is 0 Å². The Morgan fingerprint density at radius 1 is 1.21 bits per heavy atom. The lowest BCUT2D eigenvalue weighted by Crippen LogP contribution is -2.02. The second kappa shape index (κ2) is 6.00. The maximum atomic E-state index is 10.8. The number of carbonyl (C=O) groups is 1. The number of pyridine rings is 1. The van der Waals surface area contributed by atoms with Crippen LogP contribution in [0.5, 0.6) is 5.75 Å². The van der Waals surface area contributed by atoms with Crippen LogP contribution in [-0.2, 0) is 13.0 Å². The van der Waals surface area contributed by atoms with Crippen LogP contribution in [0.3, 0.4) is 0 Å². The number of ether oxygens (including phenoxy) is 1. The number of carboxylic acid groups (broad SMARTS) is 1. The number of aromatic carboxylic acids is 1. The summed E-state index contributed by atoms with van der Waals surface area (Å²) in [5, 5.41) is 8.85. The number of benzene rings is 1. The van der Waals surface area contributed by atoms with Crippen LogP contribution in [0.25, 0.3) is 0 Å². The highest BCUT2D eigenvalue weighted by molar-refractivity contribution is 5.85. The summed E-state index contributed by atoms with van der Waals surface area (Å²) in [4.78, 5) is 14.6. The van der Waals surface area contributed by atoms with Crippen molar-refractivity contribution in [2.75, 3.05) is 0 Å². The molecule has 2 rings (SSSR count). The van der Waals surface area contributed by atoms with Gasteiger partial charge in [-0.3, -0.25) is 0 Å². The quantitative estimate of drug-likeness (QED) is 0.894. The van der Waals surface area contributed by atoms with Gasteiger partial charge in [0.15, 0.2) is 0 Å². The van der Waals surface area contributed by atoms with Crippen molar-refractivity contribution in [2.24, 2.45) is 0 Å². The topological polar surface area (TPSA) is 59.4 Å². The third kappa shape index (κ3) is 3.55. The van der Waals surface area contributed by atoms with E-state index in [-0.39, 0.29) is 5.69 Å². The minimum Gasteiger partial charge on any atom is -0.489 e. The lowest BCUT2D eigenvalue weighted by Gasteiger charge is -2.07. The van der Waals surface area contributed by atoms with Gasteiger partial charge in [-0.2, -0.15) is 0 Å². The van der Waals surface area contributed by atoms with Gasteiger partial charge in [0.2, 0.25) is 0 Å². The maximum Gasteiger partial charge on any atom is 0.354 e. The molecule has 1 N–H and O–H groups in total. The normalized spacial score (nSPS) is 10.2. The van der Waals surface area contributed by atoms with E-state index in [4.69, 9.17) is 9.84 Å². The number of nitrogens with zero attached hydrogens (tertiary/aromatic N) is 1. The van der Waals surface area contributed by atoms with Crippen LogP contribution in [0.4, 0.5) is 0 Å². The van der Waals surface area contributed by atoms with Crippen LogP contribution in [-0.4, -0.2) is 16.1 Å².